The van der Waals surface area contributed by atoms with Crippen LogP contribution in [-0.2, 0) is 16.0 Å². The zero-order valence-corrected chi connectivity index (χ0v) is 13.0. The van der Waals surface area contributed by atoms with Crippen LogP contribution >= 0.6 is 22.2 Å². The Balaban J connectivity index is 2.44. The van der Waals surface area contributed by atoms with E-state index in [2.05, 4.69) is 6.58 Å². The zero-order chi connectivity index (χ0) is 13.5. The number of carbonyl (C=O) groups excluding carboxylic acids is 1. The van der Waals surface area contributed by atoms with Crippen LogP contribution in [-0.4, -0.2) is 20.0 Å². The van der Waals surface area contributed by atoms with E-state index in [-0.39, 0.29) is 5.97 Å². The summed E-state index contributed by atoms with van der Waals surface area (Å²) in [7, 11) is -1.83. The number of aryl methyl sites for hydroxylation is 1. The Labute approximate surface area is 119 Å². The molecule has 98 valence electrons. The first-order valence-electron chi connectivity index (χ1n) is 5.71. The highest BCUT2D eigenvalue weighted by atomic mass is 35.7. The van der Waals surface area contributed by atoms with E-state index >= 15 is 0 Å². The van der Waals surface area contributed by atoms with Crippen molar-refractivity contribution in [3.63, 3.8) is 0 Å². The van der Waals surface area contributed by atoms with Crippen molar-refractivity contribution in [2.24, 2.45) is 0 Å². The first kappa shape index (κ1) is 15.3. The summed E-state index contributed by atoms with van der Waals surface area (Å²) in [5.41, 5.74) is 1.56. The molecule has 0 unspecified atom stereocenters. The topological polar surface area (TPSA) is 26.3 Å². The van der Waals surface area contributed by atoms with E-state index in [0.717, 1.165) is 23.6 Å². The fourth-order valence-corrected chi connectivity index (χ4v) is 3.58. The molecule has 0 fully saturated rings. The van der Waals surface area contributed by atoms with Crippen molar-refractivity contribution >= 4 is 40.7 Å². The Morgan fingerprint density at radius 1 is 1.39 bits per heavy atom. The lowest BCUT2D eigenvalue weighted by Gasteiger charge is -2.09. The highest BCUT2D eigenvalue weighted by molar-refractivity contribution is 7.39. The molecule has 0 bridgehead atoms. The van der Waals surface area contributed by atoms with Gasteiger partial charge in [0.05, 0.1) is 6.61 Å². The lowest BCUT2D eigenvalue weighted by atomic mass is 10.1. The molecular formula is C13H16Cl2O2Si. The summed E-state index contributed by atoms with van der Waals surface area (Å²) in [5.74, 6) is -0.342. The largest absolute Gasteiger partial charge is 0.462 e. The summed E-state index contributed by atoms with van der Waals surface area (Å²) in [4.78, 5) is 11.2. The molecule has 0 atom stereocenters. The third-order valence-corrected chi connectivity index (χ3v) is 4.91. The Kier molecular flexibility index (Phi) is 6.47. The van der Waals surface area contributed by atoms with Crippen LogP contribution < -0.4 is 5.19 Å². The normalized spacial score (nSPS) is 10.4. The van der Waals surface area contributed by atoms with E-state index in [9.17, 15) is 4.79 Å². The maximum Gasteiger partial charge on any atom is 0.333 e. The minimum atomic E-state index is -1.83. The van der Waals surface area contributed by atoms with Crippen molar-refractivity contribution < 1.29 is 9.53 Å². The van der Waals surface area contributed by atoms with Gasteiger partial charge in [-0.3, -0.25) is 0 Å². The van der Waals surface area contributed by atoms with Crippen LogP contribution in [0.3, 0.4) is 0 Å². The molecule has 0 radical (unpaired) electrons. The number of rotatable bonds is 6. The highest BCUT2D eigenvalue weighted by Gasteiger charge is 2.11. The van der Waals surface area contributed by atoms with Crippen LogP contribution in [0, 0.1) is 0 Å². The molecule has 0 aliphatic heterocycles. The number of carbonyl (C=O) groups is 1. The van der Waals surface area contributed by atoms with Gasteiger partial charge in [-0.05, 0) is 30.5 Å². The van der Waals surface area contributed by atoms with E-state index < -0.39 is 7.42 Å². The molecule has 1 rings (SSSR count). The Morgan fingerprint density at radius 2 is 2.06 bits per heavy atom. The van der Waals surface area contributed by atoms with Crippen molar-refractivity contribution in [1.82, 2.24) is 0 Å². The molecule has 2 nitrogen and oxygen atoms in total. The van der Waals surface area contributed by atoms with Gasteiger partial charge < -0.3 is 4.74 Å². The second-order valence-corrected chi connectivity index (χ2v) is 8.53. The van der Waals surface area contributed by atoms with E-state index in [4.69, 9.17) is 26.9 Å². The number of esters is 1. The van der Waals surface area contributed by atoms with Crippen LogP contribution in [0.5, 0.6) is 0 Å². The van der Waals surface area contributed by atoms with E-state index in [1.54, 1.807) is 6.92 Å². The van der Waals surface area contributed by atoms with Gasteiger partial charge in [0.1, 0.15) is 0 Å². The summed E-state index contributed by atoms with van der Waals surface area (Å²) in [6, 6.07) is 7.88. The smallest absolute Gasteiger partial charge is 0.333 e. The van der Waals surface area contributed by atoms with Crippen molar-refractivity contribution in [3.05, 3.63) is 42.0 Å². The van der Waals surface area contributed by atoms with Crippen molar-refractivity contribution in [2.75, 3.05) is 6.61 Å². The third kappa shape index (κ3) is 4.84. The SMILES string of the molecule is C=C(C)C(=O)OCCCc1ccccc1[SiH](Cl)Cl. The molecule has 1 aromatic carbocycles. The molecule has 0 aliphatic carbocycles. The van der Waals surface area contributed by atoms with Gasteiger partial charge in [-0.25, -0.2) is 4.79 Å². The number of hydrogen-bond acceptors (Lipinski definition) is 2. The van der Waals surface area contributed by atoms with Crippen molar-refractivity contribution in [3.8, 4) is 0 Å². The van der Waals surface area contributed by atoms with Crippen LogP contribution in [0.4, 0.5) is 0 Å². The molecule has 0 amide bonds. The molecule has 18 heavy (non-hydrogen) atoms. The number of hydrogen-bond donors (Lipinski definition) is 0. The monoisotopic (exact) mass is 302 g/mol. The minimum Gasteiger partial charge on any atom is -0.462 e. The third-order valence-electron chi connectivity index (χ3n) is 2.46. The van der Waals surface area contributed by atoms with Gasteiger partial charge in [0.15, 0.2) is 0 Å². The molecule has 5 heteroatoms. The van der Waals surface area contributed by atoms with Crippen LogP contribution in [0.1, 0.15) is 18.9 Å². The fourth-order valence-electron chi connectivity index (χ4n) is 1.53. The van der Waals surface area contributed by atoms with Crippen LogP contribution in [0.2, 0.25) is 0 Å². The van der Waals surface area contributed by atoms with Gasteiger partial charge in [0, 0.05) is 5.57 Å². The average molecular weight is 303 g/mol. The zero-order valence-electron chi connectivity index (χ0n) is 10.3. The highest BCUT2D eigenvalue weighted by Crippen LogP contribution is 2.07. The molecule has 1 aromatic rings. The fraction of sp³-hybridized carbons (Fsp3) is 0.308. The van der Waals surface area contributed by atoms with Crippen LogP contribution in [0.15, 0.2) is 36.4 Å². The predicted octanol–water partition coefficient (Wildman–Crippen LogP) is 2.64. The molecule has 0 spiro atoms. The molecular weight excluding hydrogens is 287 g/mol. The van der Waals surface area contributed by atoms with Crippen LogP contribution in [0.25, 0.3) is 0 Å². The van der Waals surface area contributed by atoms with E-state index in [1.807, 2.05) is 24.3 Å². The summed E-state index contributed by atoms with van der Waals surface area (Å²) in [5, 5.41) is 1.05. The summed E-state index contributed by atoms with van der Waals surface area (Å²) >= 11 is 12.0. The summed E-state index contributed by atoms with van der Waals surface area (Å²) in [6.45, 7) is 5.54. The lowest BCUT2D eigenvalue weighted by molar-refractivity contribution is -0.139. The quantitative estimate of drug-likeness (QED) is 0.265. The summed E-state index contributed by atoms with van der Waals surface area (Å²) in [6.07, 6.45) is 1.56. The van der Waals surface area contributed by atoms with Crippen molar-refractivity contribution in [1.29, 1.82) is 0 Å². The Morgan fingerprint density at radius 3 is 2.67 bits per heavy atom. The predicted molar refractivity (Wildman–Crippen MR) is 79.0 cm³/mol. The Bertz CT molecular complexity index is 433. The van der Waals surface area contributed by atoms with Gasteiger partial charge in [-0.15, -0.1) is 22.2 Å². The Hall–Kier alpha value is -0.773. The second-order valence-electron chi connectivity index (χ2n) is 4.02. The van der Waals surface area contributed by atoms with Gasteiger partial charge >= 0.3 is 5.97 Å². The minimum absolute atomic E-state index is 0.342. The molecule has 0 N–H and O–H groups in total. The van der Waals surface area contributed by atoms with Crippen molar-refractivity contribution in [2.45, 2.75) is 19.8 Å². The number of halogens is 2. The lowest BCUT2D eigenvalue weighted by Crippen LogP contribution is -2.23. The van der Waals surface area contributed by atoms with E-state index in [0.29, 0.717) is 12.2 Å². The number of ether oxygens (including phenoxy) is 1. The van der Waals surface area contributed by atoms with Gasteiger partial charge in [0.25, 0.3) is 7.42 Å². The molecule has 0 saturated carbocycles. The van der Waals surface area contributed by atoms with Gasteiger partial charge in [0.2, 0.25) is 0 Å². The maximum absolute atomic E-state index is 11.2. The van der Waals surface area contributed by atoms with Gasteiger partial charge in [-0.1, -0.05) is 30.8 Å². The summed E-state index contributed by atoms with van der Waals surface area (Å²) < 4.78 is 5.03. The second kappa shape index (κ2) is 7.62. The molecule has 0 heterocycles. The molecule has 0 aliphatic rings. The first-order chi connectivity index (χ1) is 8.52. The van der Waals surface area contributed by atoms with Gasteiger partial charge in [-0.2, -0.15) is 0 Å². The number of benzene rings is 1. The molecule has 0 saturated heterocycles. The maximum atomic E-state index is 11.2. The standard InChI is InChI=1S/C13H16Cl2O2Si/c1-10(2)13(16)17-9-5-7-11-6-3-4-8-12(11)18(14)15/h3-4,6,8,18H,1,5,7,9H2,2H3. The average Bonchev–Trinajstić information content (AvgIpc) is 2.34. The molecule has 0 aromatic heterocycles. The van der Waals surface area contributed by atoms with E-state index in [1.165, 1.54) is 0 Å². The first-order valence-corrected chi connectivity index (χ1v) is 9.78.